The van der Waals surface area contributed by atoms with Gasteiger partial charge in [-0.25, -0.2) is 13.2 Å². The first-order valence-electron chi connectivity index (χ1n) is 9.82. The molecule has 0 bridgehead atoms. The lowest BCUT2D eigenvalue weighted by Crippen LogP contribution is -2.25. The standard InChI is InChI=1S/C22H29F3/c1-2-15-5-9-18(10-6-15)19-11-7-16(8-12-19)3-4-17-13-20(23)22(25)21(24)14-17/h2,13-16,18-19H,1,3-12H2. The summed E-state index contributed by atoms with van der Waals surface area (Å²) in [5.74, 6) is -0.403. The van der Waals surface area contributed by atoms with Gasteiger partial charge in [0.15, 0.2) is 17.5 Å². The van der Waals surface area contributed by atoms with Gasteiger partial charge in [-0.1, -0.05) is 18.9 Å². The maximum Gasteiger partial charge on any atom is 0.194 e. The molecule has 0 nitrogen and oxygen atoms in total. The van der Waals surface area contributed by atoms with Gasteiger partial charge in [0.25, 0.3) is 0 Å². The fourth-order valence-electron chi connectivity index (χ4n) is 4.92. The van der Waals surface area contributed by atoms with Crippen molar-refractivity contribution < 1.29 is 13.2 Å². The van der Waals surface area contributed by atoms with E-state index < -0.39 is 17.5 Å². The molecule has 2 aliphatic rings. The number of hydrogen-bond donors (Lipinski definition) is 0. The summed E-state index contributed by atoms with van der Waals surface area (Å²) < 4.78 is 39.6. The van der Waals surface area contributed by atoms with E-state index in [0.29, 0.717) is 17.9 Å². The van der Waals surface area contributed by atoms with E-state index in [1.807, 2.05) is 0 Å². The lowest BCUT2D eigenvalue weighted by atomic mass is 9.68. The Labute approximate surface area is 149 Å². The maximum absolute atomic E-state index is 13.3. The molecule has 0 amide bonds. The van der Waals surface area contributed by atoms with Crippen molar-refractivity contribution >= 4 is 0 Å². The molecule has 0 radical (unpaired) electrons. The van der Waals surface area contributed by atoms with E-state index in [4.69, 9.17) is 0 Å². The van der Waals surface area contributed by atoms with Crippen molar-refractivity contribution in [1.82, 2.24) is 0 Å². The van der Waals surface area contributed by atoms with E-state index >= 15 is 0 Å². The summed E-state index contributed by atoms with van der Waals surface area (Å²) in [5, 5.41) is 0. The molecule has 0 aromatic heterocycles. The quantitative estimate of drug-likeness (QED) is 0.403. The van der Waals surface area contributed by atoms with Crippen LogP contribution < -0.4 is 0 Å². The van der Waals surface area contributed by atoms with Gasteiger partial charge in [-0.15, -0.1) is 6.58 Å². The molecule has 138 valence electrons. The van der Waals surface area contributed by atoms with E-state index in [1.165, 1.54) is 51.4 Å². The van der Waals surface area contributed by atoms with Gasteiger partial charge in [-0.3, -0.25) is 0 Å². The fraction of sp³-hybridized carbons (Fsp3) is 0.636. The van der Waals surface area contributed by atoms with E-state index in [9.17, 15) is 13.2 Å². The SMILES string of the molecule is C=CC1CCC(C2CCC(CCc3cc(F)c(F)c(F)c3)CC2)CC1. The highest BCUT2D eigenvalue weighted by Crippen LogP contribution is 2.42. The third kappa shape index (κ3) is 4.68. The Morgan fingerprint density at radius 3 is 1.88 bits per heavy atom. The highest BCUT2D eigenvalue weighted by molar-refractivity contribution is 5.19. The third-order valence-electron chi connectivity index (χ3n) is 6.59. The highest BCUT2D eigenvalue weighted by Gasteiger charge is 2.30. The van der Waals surface area contributed by atoms with E-state index in [0.717, 1.165) is 36.3 Å². The molecule has 25 heavy (non-hydrogen) atoms. The minimum atomic E-state index is -1.37. The second kappa shape index (κ2) is 8.42. The van der Waals surface area contributed by atoms with E-state index in [1.54, 1.807) is 0 Å². The van der Waals surface area contributed by atoms with Crippen molar-refractivity contribution in [3.8, 4) is 0 Å². The molecule has 0 spiro atoms. The monoisotopic (exact) mass is 350 g/mol. The Balaban J connectivity index is 1.43. The first-order chi connectivity index (χ1) is 12.1. The number of benzene rings is 1. The fourth-order valence-corrected chi connectivity index (χ4v) is 4.92. The Bertz CT molecular complexity index is 556. The van der Waals surface area contributed by atoms with Crippen molar-refractivity contribution in [1.29, 1.82) is 0 Å². The van der Waals surface area contributed by atoms with Gasteiger partial charge < -0.3 is 0 Å². The summed E-state index contributed by atoms with van der Waals surface area (Å²) in [6.45, 7) is 3.93. The van der Waals surface area contributed by atoms with Crippen LogP contribution in [0.5, 0.6) is 0 Å². The summed E-state index contributed by atoms with van der Waals surface area (Å²) in [7, 11) is 0. The Morgan fingerprint density at radius 1 is 0.840 bits per heavy atom. The van der Waals surface area contributed by atoms with Gasteiger partial charge in [0, 0.05) is 0 Å². The summed E-state index contributed by atoms with van der Waals surface area (Å²) in [6.07, 6.45) is 14.0. The molecule has 1 aromatic carbocycles. The van der Waals surface area contributed by atoms with Gasteiger partial charge in [-0.2, -0.15) is 0 Å². The minimum absolute atomic E-state index is 0.571. The molecule has 2 saturated carbocycles. The summed E-state index contributed by atoms with van der Waals surface area (Å²) in [6, 6.07) is 2.28. The zero-order valence-corrected chi connectivity index (χ0v) is 15.0. The second-order valence-electron chi connectivity index (χ2n) is 8.10. The molecule has 0 saturated heterocycles. The van der Waals surface area contributed by atoms with Crippen molar-refractivity contribution in [2.75, 3.05) is 0 Å². The van der Waals surface area contributed by atoms with Gasteiger partial charge in [-0.05, 0) is 92.7 Å². The normalized spacial score (nSPS) is 30.2. The molecule has 3 rings (SSSR count). The largest absolute Gasteiger partial charge is 0.204 e. The lowest BCUT2D eigenvalue weighted by molar-refractivity contribution is 0.153. The van der Waals surface area contributed by atoms with Crippen LogP contribution in [-0.2, 0) is 6.42 Å². The Morgan fingerprint density at radius 2 is 1.36 bits per heavy atom. The van der Waals surface area contributed by atoms with Crippen molar-refractivity contribution in [2.45, 2.75) is 64.2 Å². The van der Waals surface area contributed by atoms with Crippen molar-refractivity contribution in [3.63, 3.8) is 0 Å². The van der Waals surface area contributed by atoms with E-state index in [-0.39, 0.29) is 0 Å². The number of aryl methyl sites for hydroxylation is 1. The highest BCUT2D eigenvalue weighted by atomic mass is 19.2. The topological polar surface area (TPSA) is 0 Å². The summed E-state index contributed by atoms with van der Waals surface area (Å²) >= 11 is 0. The van der Waals surface area contributed by atoms with Crippen molar-refractivity contribution in [3.05, 3.63) is 47.8 Å². The molecule has 0 heterocycles. The van der Waals surface area contributed by atoms with Crippen LogP contribution in [0.4, 0.5) is 13.2 Å². The van der Waals surface area contributed by atoms with Crippen LogP contribution in [-0.4, -0.2) is 0 Å². The Kier molecular flexibility index (Phi) is 6.24. The molecule has 2 fully saturated rings. The van der Waals surface area contributed by atoms with Crippen LogP contribution in [0.2, 0.25) is 0 Å². The molecule has 0 unspecified atom stereocenters. The lowest BCUT2D eigenvalue weighted by Gasteiger charge is -2.37. The maximum atomic E-state index is 13.3. The molecule has 0 aliphatic heterocycles. The van der Waals surface area contributed by atoms with Crippen LogP contribution in [0.1, 0.15) is 63.4 Å². The molecule has 3 heteroatoms. The third-order valence-corrected chi connectivity index (χ3v) is 6.59. The average molecular weight is 350 g/mol. The van der Waals surface area contributed by atoms with Crippen LogP contribution in [0, 0.1) is 41.1 Å². The zero-order valence-electron chi connectivity index (χ0n) is 15.0. The smallest absolute Gasteiger partial charge is 0.194 e. The molecule has 2 aliphatic carbocycles. The number of allylic oxidation sites excluding steroid dienone is 1. The van der Waals surface area contributed by atoms with Crippen molar-refractivity contribution in [2.24, 2.45) is 23.7 Å². The van der Waals surface area contributed by atoms with E-state index in [2.05, 4.69) is 12.7 Å². The predicted octanol–water partition coefficient (Wildman–Crippen LogP) is 6.84. The minimum Gasteiger partial charge on any atom is -0.204 e. The van der Waals surface area contributed by atoms with Crippen LogP contribution >= 0.6 is 0 Å². The number of rotatable bonds is 5. The molecular formula is C22H29F3. The summed E-state index contributed by atoms with van der Waals surface area (Å²) in [5.41, 5.74) is 0.571. The van der Waals surface area contributed by atoms with Gasteiger partial charge in [0.2, 0.25) is 0 Å². The first-order valence-corrected chi connectivity index (χ1v) is 9.82. The van der Waals surface area contributed by atoms with Gasteiger partial charge in [0.05, 0.1) is 0 Å². The second-order valence-corrected chi connectivity index (χ2v) is 8.10. The molecule has 1 aromatic rings. The number of halogens is 3. The van der Waals surface area contributed by atoms with Gasteiger partial charge >= 0.3 is 0 Å². The first kappa shape index (κ1) is 18.5. The van der Waals surface area contributed by atoms with Crippen LogP contribution in [0.25, 0.3) is 0 Å². The summed E-state index contributed by atoms with van der Waals surface area (Å²) in [4.78, 5) is 0. The Hall–Kier alpha value is -1.25. The predicted molar refractivity (Wildman–Crippen MR) is 95.7 cm³/mol. The zero-order chi connectivity index (χ0) is 17.8. The van der Waals surface area contributed by atoms with Gasteiger partial charge in [0.1, 0.15) is 0 Å². The average Bonchev–Trinajstić information content (AvgIpc) is 2.65. The molecule has 0 N–H and O–H groups in total. The number of hydrogen-bond acceptors (Lipinski definition) is 0. The molecule has 0 atom stereocenters. The molecular weight excluding hydrogens is 321 g/mol. The van der Waals surface area contributed by atoms with Crippen LogP contribution in [0.15, 0.2) is 24.8 Å². The van der Waals surface area contributed by atoms with Crippen LogP contribution in [0.3, 0.4) is 0 Å².